The molecule has 0 saturated heterocycles. The van der Waals surface area contributed by atoms with E-state index in [1.54, 1.807) is 7.11 Å². The molecule has 0 bridgehead atoms. The third-order valence-electron chi connectivity index (χ3n) is 2.03. The Hall–Kier alpha value is -1.48. The van der Waals surface area contributed by atoms with Crippen molar-refractivity contribution in [2.75, 3.05) is 13.7 Å². The van der Waals surface area contributed by atoms with Crippen LogP contribution in [-0.4, -0.2) is 13.7 Å². The maximum Gasteiger partial charge on any atom is 0.118 e. The van der Waals surface area contributed by atoms with Gasteiger partial charge in [-0.2, -0.15) is 0 Å². The zero-order valence-corrected chi connectivity index (χ0v) is 7.50. The van der Waals surface area contributed by atoms with Crippen LogP contribution in [0.4, 0.5) is 0 Å². The summed E-state index contributed by atoms with van der Waals surface area (Å²) < 4.78 is 5.08. The summed E-state index contributed by atoms with van der Waals surface area (Å²) >= 11 is 0. The fourth-order valence-electron chi connectivity index (χ4n) is 1.31. The van der Waals surface area contributed by atoms with Crippen LogP contribution in [-0.2, 0) is 0 Å². The predicted molar refractivity (Wildman–Crippen MR) is 52.1 cm³/mol. The van der Waals surface area contributed by atoms with Gasteiger partial charge in [0, 0.05) is 6.54 Å². The molecule has 0 fully saturated rings. The van der Waals surface area contributed by atoms with Crippen LogP contribution in [0.15, 0.2) is 30.3 Å². The molecule has 1 heterocycles. The first-order chi connectivity index (χ1) is 6.40. The molecule has 0 saturated carbocycles. The van der Waals surface area contributed by atoms with Gasteiger partial charge in [0.1, 0.15) is 5.75 Å². The Morgan fingerprint density at radius 2 is 2.00 bits per heavy atom. The van der Waals surface area contributed by atoms with Gasteiger partial charge in [0.2, 0.25) is 0 Å². The lowest BCUT2D eigenvalue weighted by Gasteiger charge is -2.05. The quantitative estimate of drug-likeness (QED) is 0.709. The Labute approximate surface area is 77.4 Å². The van der Waals surface area contributed by atoms with Gasteiger partial charge in [-0.25, -0.2) is 5.43 Å². The maximum atomic E-state index is 5.08. The fourth-order valence-corrected chi connectivity index (χ4v) is 1.31. The van der Waals surface area contributed by atoms with E-state index in [-0.39, 0.29) is 0 Å². The van der Waals surface area contributed by atoms with E-state index in [4.69, 9.17) is 4.74 Å². The number of hydrogen-bond donors (Lipinski definition) is 2. The van der Waals surface area contributed by atoms with Crippen LogP contribution in [0.5, 0.6) is 5.75 Å². The first kappa shape index (κ1) is 8.13. The summed E-state index contributed by atoms with van der Waals surface area (Å²) in [6.45, 7) is 0.876. The third-order valence-corrected chi connectivity index (χ3v) is 2.03. The molecule has 0 atom stereocenters. The number of benzene rings is 1. The van der Waals surface area contributed by atoms with Crippen molar-refractivity contribution in [3.8, 4) is 5.75 Å². The summed E-state index contributed by atoms with van der Waals surface area (Å²) in [7, 11) is 1.67. The zero-order valence-electron chi connectivity index (χ0n) is 7.50. The summed E-state index contributed by atoms with van der Waals surface area (Å²) in [5.41, 5.74) is 8.41. The van der Waals surface area contributed by atoms with Gasteiger partial charge < -0.3 is 10.2 Å². The molecule has 1 aliphatic heterocycles. The molecule has 0 unspecified atom stereocenters. The van der Waals surface area contributed by atoms with E-state index in [0.717, 1.165) is 18.0 Å². The minimum absolute atomic E-state index is 0.876. The summed E-state index contributed by atoms with van der Waals surface area (Å²) in [4.78, 5) is 0. The van der Waals surface area contributed by atoms with E-state index in [1.165, 1.54) is 5.56 Å². The number of hydrazine groups is 1. The second kappa shape index (κ2) is 3.49. The fraction of sp³-hybridized carbons (Fsp3) is 0.200. The molecule has 0 spiro atoms. The maximum absolute atomic E-state index is 5.08. The Morgan fingerprint density at radius 3 is 2.54 bits per heavy atom. The third kappa shape index (κ3) is 1.65. The molecule has 13 heavy (non-hydrogen) atoms. The first-order valence-electron chi connectivity index (χ1n) is 4.23. The lowest BCUT2D eigenvalue weighted by atomic mass is 10.1. The van der Waals surface area contributed by atoms with Gasteiger partial charge in [-0.1, -0.05) is 0 Å². The molecule has 0 aliphatic carbocycles. The van der Waals surface area contributed by atoms with Crippen molar-refractivity contribution in [1.82, 2.24) is 10.9 Å². The van der Waals surface area contributed by atoms with Gasteiger partial charge in [-0.05, 0) is 35.9 Å². The second-order valence-electron chi connectivity index (χ2n) is 2.85. The van der Waals surface area contributed by atoms with Crippen molar-refractivity contribution in [3.63, 3.8) is 0 Å². The van der Waals surface area contributed by atoms with Gasteiger partial charge in [-0.3, -0.25) is 0 Å². The highest BCUT2D eigenvalue weighted by atomic mass is 16.5. The lowest BCUT2D eigenvalue weighted by Crippen LogP contribution is -2.22. The Bertz CT molecular complexity index is 316. The molecular formula is C10H12N2O. The molecule has 2 N–H and O–H groups in total. The number of ether oxygens (including phenoxy) is 1. The highest BCUT2D eigenvalue weighted by Crippen LogP contribution is 2.17. The number of hydrogen-bond acceptors (Lipinski definition) is 3. The molecule has 1 aromatic carbocycles. The molecular weight excluding hydrogens is 164 g/mol. The van der Waals surface area contributed by atoms with E-state index in [9.17, 15) is 0 Å². The van der Waals surface area contributed by atoms with Crippen molar-refractivity contribution in [3.05, 3.63) is 35.9 Å². The smallest absolute Gasteiger partial charge is 0.118 e. The second-order valence-corrected chi connectivity index (χ2v) is 2.85. The molecule has 3 heteroatoms. The number of rotatable bonds is 2. The van der Waals surface area contributed by atoms with Crippen LogP contribution < -0.4 is 15.6 Å². The van der Waals surface area contributed by atoms with Gasteiger partial charge >= 0.3 is 0 Å². The minimum Gasteiger partial charge on any atom is -0.497 e. The van der Waals surface area contributed by atoms with Crippen LogP contribution in [0.25, 0.3) is 5.70 Å². The SMILES string of the molecule is COc1ccc(C2=CCNN2)cc1. The topological polar surface area (TPSA) is 33.3 Å². The molecule has 1 aromatic rings. The Morgan fingerprint density at radius 1 is 1.23 bits per heavy atom. The molecule has 0 aromatic heterocycles. The van der Waals surface area contributed by atoms with Crippen molar-refractivity contribution in [1.29, 1.82) is 0 Å². The first-order valence-corrected chi connectivity index (χ1v) is 4.23. The molecule has 1 aliphatic rings. The van der Waals surface area contributed by atoms with E-state index in [0.29, 0.717) is 0 Å². The highest BCUT2D eigenvalue weighted by Gasteiger charge is 2.04. The predicted octanol–water partition coefficient (Wildman–Crippen LogP) is 1.14. The molecule has 0 amide bonds. The van der Waals surface area contributed by atoms with Crippen LogP contribution in [0, 0.1) is 0 Å². The highest BCUT2D eigenvalue weighted by molar-refractivity contribution is 5.65. The summed E-state index contributed by atoms with van der Waals surface area (Å²) in [6, 6.07) is 7.97. The number of methoxy groups -OCH3 is 1. The molecule has 2 rings (SSSR count). The van der Waals surface area contributed by atoms with Gasteiger partial charge in [-0.15, -0.1) is 0 Å². The average molecular weight is 176 g/mol. The minimum atomic E-state index is 0.876. The monoisotopic (exact) mass is 176 g/mol. The van der Waals surface area contributed by atoms with Gasteiger partial charge in [0.05, 0.1) is 12.8 Å². The molecule has 68 valence electrons. The van der Waals surface area contributed by atoms with E-state index >= 15 is 0 Å². The van der Waals surface area contributed by atoms with E-state index < -0.39 is 0 Å². The van der Waals surface area contributed by atoms with Gasteiger partial charge in [0.25, 0.3) is 0 Å². The largest absolute Gasteiger partial charge is 0.497 e. The standard InChI is InChI=1S/C10H12N2O/c1-13-9-4-2-8(3-5-9)10-6-7-11-12-10/h2-6,11-12H,7H2,1H3. The van der Waals surface area contributed by atoms with Crippen LogP contribution in [0.3, 0.4) is 0 Å². The molecule has 0 radical (unpaired) electrons. The van der Waals surface area contributed by atoms with Crippen LogP contribution >= 0.6 is 0 Å². The van der Waals surface area contributed by atoms with Crippen LogP contribution in [0.2, 0.25) is 0 Å². The summed E-state index contributed by atoms with van der Waals surface area (Å²) in [5.74, 6) is 0.885. The normalized spacial score (nSPS) is 15.0. The Balaban J connectivity index is 2.22. The van der Waals surface area contributed by atoms with E-state index in [2.05, 4.69) is 16.9 Å². The summed E-state index contributed by atoms with van der Waals surface area (Å²) in [5, 5.41) is 0. The van der Waals surface area contributed by atoms with Crippen molar-refractivity contribution < 1.29 is 4.74 Å². The zero-order chi connectivity index (χ0) is 9.10. The van der Waals surface area contributed by atoms with Crippen molar-refractivity contribution >= 4 is 5.70 Å². The van der Waals surface area contributed by atoms with E-state index in [1.807, 2.05) is 24.3 Å². The summed E-state index contributed by atoms with van der Waals surface area (Å²) in [6.07, 6.45) is 2.11. The number of nitrogens with one attached hydrogen (secondary N) is 2. The average Bonchev–Trinajstić information content (AvgIpc) is 2.71. The lowest BCUT2D eigenvalue weighted by molar-refractivity contribution is 0.415. The van der Waals surface area contributed by atoms with Crippen LogP contribution in [0.1, 0.15) is 5.56 Å². The Kier molecular flexibility index (Phi) is 2.19. The molecule has 3 nitrogen and oxygen atoms in total. The van der Waals surface area contributed by atoms with Crippen molar-refractivity contribution in [2.24, 2.45) is 0 Å². The van der Waals surface area contributed by atoms with Gasteiger partial charge in [0.15, 0.2) is 0 Å². The van der Waals surface area contributed by atoms with Crippen molar-refractivity contribution in [2.45, 2.75) is 0 Å².